The Balaban J connectivity index is 2.10. The predicted octanol–water partition coefficient (Wildman–Crippen LogP) is 3.97. The molecule has 0 fully saturated rings. The summed E-state index contributed by atoms with van der Waals surface area (Å²) in [6.45, 7) is 0. The number of nitrogens with zero attached hydrogens (tertiary/aromatic N) is 1. The molecule has 0 unspecified atom stereocenters. The molecule has 3 rings (SSSR count). The van der Waals surface area contributed by atoms with E-state index < -0.39 is 17.6 Å². The molecular weight excluding hydrogens is 286 g/mol. The first-order chi connectivity index (χ1) is 9.84. The van der Waals surface area contributed by atoms with Crippen LogP contribution in [-0.4, -0.2) is 9.97 Å². The Morgan fingerprint density at radius 3 is 2.48 bits per heavy atom. The van der Waals surface area contributed by atoms with Gasteiger partial charge in [0, 0.05) is 5.56 Å². The van der Waals surface area contributed by atoms with E-state index in [2.05, 4.69) is 9.97 Å². The van der Waals surface area contributed by atoms with Crippen LogP contribution in [0, 0.1) is 5.82 Å². The fourth-order valence-electron chi connectivity index (χ4n) is 2.01. The Bertz CT molecular complexity index is 821. The molecule has 0 saturated heterocycles. The molecule has 0 aliphatic carbocycles. The molecule has 0 amide bonds. The van der Waals surface area contributed by atoms with Gasteiger partial charge in [-0.25, -0.2) is 9.37 Å². The molecule has 0 saturated carbocycles. The maximum Gasteiger partial charge on any atom is 0.416 e. The van der Waals surface area contributed by atoms with Crippen LogP contribution in [0.1, 0.15) is 5.56 Å². The van der Waals surface area contributed by atoms with Gasteiger partial charge in [0.2, 0.25) is 0 Å². The highest BCUT2D eigenvalue weighted by atomic mass is 19.4. The van der Waals surface area contributed by atoms with Gasteiger partial charge in [0.25, 0.3) is 0 Å². The fraction of sp³-hybridized carbons (Fsp3) is 0.0714. The number of alkyl halides is 3. The van der Waals surface area contributed by atoms with Gasteiger partial charge in [-0.15, -0.1) is 0 Å². The standard InChI is InChI=1S/C14H9F4N3/c15-9-3-1-7(5-10(9)19)13-20-11-4-2-8(14(16,17)18)6-12(11)21-13/h1-6H,19H2,(H,20,21). The van der Waals surface area contributed by atoms with E-state index in [9.17, 15) is 17.6 Å². The second kappa shape index (κ2) is 4.47. The lowest BCUT2D eigenvalue weighted by atomic mass is 10.2. The minimum Gasteiger partial charge on any atom is -0.396 e. The van der Waals surface area contributed by atoms with Crippen molar-refractivity contribution >= 4 is 16.7 Å². The van der Waals surface area contributed by atoms with Gasteiger partial charge in [0.1, 0.15) is 11.6 Å². The highest BCUT2D eigenvalue weighted by Gasteiger charge is 2.30. The van der Waals surface area contributed by atoms with E-state index in [-0.39, 0.29) is 11.2 Å². The van der Waals surface area contributed by atoms with Crippen LogP contribution < -0.4 is 5.73 Å². The van der Waals surface area contributed by atoms with Gasteiger partial charge in [-0.2, -0.15) is 13.2 Å². The second-order valence-corrected chi connectivity index (χ2v) is 4.55. The van der Waals surface area contributed by atoms with E-state index in [1.54, 1.807) is 0 Å². The molecule has 0 bridgehead atoms. The lowest BCUT2D eigenvalue weighted by Gasteiger charge is -2.05. The number of hydrogen-bond acceptors (Lipinski definition) is 2. The number of anilines is 1. The summed E-state index contributed by atoms with van der Waals surface area (Å²) >= 11 is 0. The van der Waals surface area contributed by atoms with E-state index in [1.165, 1.54) is 24.3 Å². The Hall–Kier alpha value is -2.57. The number of aromatic nitrogens is 2. The molecule has 21 heavy (non-hydrogen) atoms. The molecule has 0 spiro atoms. The number of halogens is 4. The monoisotopic (exact) mass is 295 g/mol. The first-order valence-corrected chi connectivity index (χ1v) is 5.97. The number of nitrogens with two attached hydrogens (primary N) is 1. The van der Waals surface area contributed by atoms with Crippen molar-refractivity contribution in [3.8, 4) is 11.4 Å². The maximum absolute atomic E-state index is 13.1. The minimum atomic E-state index is -4.42. The minimum absolute atomic E-state index is 0.0519. The Labute approximate surface area is 116 Å². The SMILES string of the molecule is Nc1cc(-c2nc3ccc(C(F)(F)F)cc3[nH]2)ccc1F. The summed E-state index contributed by atoms with van der Waals surface area (Å²) in [6.07, 6.45) is -4.42. The molecule has 2 aromatic carbocycles. The van der Waals surface area contributed by atoms with E-state index in [0.717, 1.165) is 12.1 Å². The highest BCUT2D eigenvalue weighted by Crippen LogP contribution is 2.32. The van der Waals surface area contributed by atoms with Crippen molar-refractivity contribution in [2.75, 3.05) is 5.73 Å². The third-order valence-corrected chi connectivity index (χ3v) is 3.08. The quantitative estimate of drug-likeness (QED) is 0.527. The van der Waals surface area contributed by atoms with Crippen molar-refractivity contribution in [1.82, 2.24) is 9.97 Å². The smallest absolute Gasteiger partial charge is 0.396 e. The van der Waals surface area contributed by atoms with E-state index >= 15 is 0 Å². The third kappa shape index (κ3) is 2.42. The number of H-pyrrole nitrogens is 1. The maximum atomic E-state index is 13.1. The van der Waals surface area contributed by atoms with E-state index in [1.807, 2.05) is 0 Å². The highest BCUT2D eigenvalue weighted by molar-refractivity contribution is 5.80. The number of nitrogen functional groups attached to an aromatic ring is 1. The summed E-state index contributed by atoms with van der Waals surface area (Å²) < 4.78 is 51.1. The molecular formula is C14H9F4N3. The van der Waals surface area contributed by atoms with Crippen molar-refractivity contribution < 1.29 is 17.6 Å². The zero-order valence-corrected chi connectivity index (χ0v) is 10.5. The number of nitrogens with one attached hydrogen (secondary N) is 1. The molecule has 3 aromatic rings. The number of aromatic amines is 1. The normalized spacial score (nSPS) is 12.0. The third-order valence-electron chi connectivity index (χ3n) is 3.08. The van der Waals surface area contributed by atoms with Crippen molar-refractivity contribution in [2.45, 2.75) is 6.18 Å². The molecule has 1 heterocycles. The van der Waals surface area contributed by atoms with Gasteiger partial charge in [-0.3, -0.25) is 0 Å². The molecule has 3 N–H and O–H groups in total. The number of benzene rings is 2. The number of rotatable bonds is 1. The van der Waals surface area contributed by atoms with Gasteiger partial charge < -0.3 is 10.7 Å². The van der Waals surface area contributed by atoms with Gasteiger partial charge in [0.15, 0.2) is 0 Å². The predicted molar refractivity (Wildman–Crippen MR) is 70.9 cm³/mol. The van der Waals surface area contributed by atoms with Crippen LogP contribution in [0.2, 0.25) is 0 Å². The number of imidazole rings is 1. The van der Waals surface area contributed by atoms with Crippen LogP contribution >= 0.6 is 0 Å². The van der Waals surface area contributed by atoms with E-state index in [4.69, 9.17) is 5.73 Å². The lowest BCUT2D eigenvalue weighted by Crippen LogP contribution is -2.04. The summed E-state index contributed by atoms with van der Waals surface area (Å²) in [5.74, 6) is -0.231. The van der Waals surface area contributed by atoms with Crippen LogP contribution in [0.25, 0.3) is 22.4 Å². The number of fused-ring (bicyclic) bond motifs is 1. The molecule has 0 radical (unpaired) electrons. The second-order valence-electron chi connectivity index (χ2n) is 4.55. The zero-order valence-electron chi connectivity index (χ0n) is 10.5. The van der Waals surface area contributed by atoms with Crippen LogP contribution in [0.3, 0.4) is 0 Å². The largest absolute Gasteiger partial charge is 0.416 e. The van der Waals surface area contributed by atoms with Crippen LogP contribution in [-0.2, 0) is 6.18 Å². The van der Waals surface area contributed by atoms with Crippen molar-refractivity contribution in [3.63, 3.8) is 0 Å². The summed E-state index contributed by atoms with van der Waals surface area (Å²) in [5, 5.41) is 0. The molecule has 3 nitrogen and oxygen atoms in total. The van der Waals surface area contributed by atoms with Gasteiger partial charge in [-0.1, -0.05) is 0 Å². The summed E-state index contributed by atoms with van der Waals surface area (Å²) in [7, 11) is 0. The van der Waals surface area contributed by atoms with Crippen LogP contribution in [0.4, 0.5) is 23.2 Å². The number of hydrogen-bond donors (Lipinski definition) is 2. The first kappa shape index (κ1) is 13.4. The first-order valence-electron chi connectivity index (χ1n) is 5.97. The molecule has 0 aliphatic rings. The Morgan fingerprint density at radius 1 is 1.05 bits per heavy atom. The average molecular weight is 295 g/mol. The van der Waals surface area contributed by atoms with Crippen molar-refractivity contribution in [3.05, 3.63) is 47.8 Å². The summed E-state index contributed by atoms with van der Waals surface area (Å²) in [4.78, 5) is 6.96. The van der Waals surface area contributed by atoms with Gasteiger partial charge in [-0.05, 0) is 36.4 Å². The molecule has 1 aromatic heterocycles. The Kier molecular flexibility index (Phi) is 2.86. The fourth-order valence-corrected chi connectivity index (χ4v) is 2.01. The summed E-state index contributed by atoms with van der Waals surface area (Å²) in [5.41, 5.74) is 5.80. The van der Waals surface area contributed by atoms with Crippen LogP contribution in [0.15, 0.2) is 36.4 Å². The van der Waals surface area contributed by atoms with Crippen molar-refractivity contribution in [2.24, 2.45) is 0 Å². The molecule has 0 aliphatic heterocycles. The molecule has 0 atom stereocenters. The average Bonchev–Trinajstić information content (AvgIpc) is 2.83. The van der Waals surface area contributed by atoms with E-state index in [0.29, 0.717) is 16.9 Å². The zero-order chi connectivity index (χ0) is 15.2. The summed E-state index contributed by atoms with van der Waals surface area (Å²) in [6, 6.07) is 7.24. The Morgan fingerprint density at radius 2 is 1.81 bits per heavy atom. The lowest BCUT2D eigenvalue weighted by molar-refractivity contribution is -0.137. The van der Waals surface area contributed by atoms with Crippen LogP contribution in [0.5, 0.6) is 0 Å². The van der Waals surface area contributed by atoms with Gasteiger partial charge >= 0.3 is 6.18 Å². The molecule has 108 valence electrons. The van der Waals surface area contributed by atoms with Crippen molar-refractivity contribution in [1.29, 1.82) is 0 Å². The molecule has 7 heteroatoms. The van der Waals surface area contributed by atoms with Gasteiger partial charge in [0.05, 0.1) is 22.3 Å². The topological polar surface area (TPSA) is 54.7 Å².